The minimum Gasteiger partial charge on any atom is -0.387 e. The summed E-state index contributed by atoms with van der Waals surface area (Å²) in [6.07, 6.45) is -1.09. The van der Waals surface area contributed by atoms with Crippen LogP contribution in [0.1, 0.15) is 11.7 Å². The highest BCUT2D eigenvalue weighted by Crippen LogP contribution is 2.22. The Bertz CT molecular complexity index is 653. The van der Waals surface area contributed by atoms with Crippen LogP contribution in [-0.2, 0) is 9.84 Å². The zero-order valence-corrected chi connectivity index (χ0v) is 11.6. The average Bonchev–Trinajstić information content (AvgIpc) is 2.39. The van der Waals surface area contributed by atoms with E-state index in [1.165, 1.54) is 12.1 Å². The van der Waals surface area contributed by atoms with E-state index in [0.717, 1.165) is 0 Å². The molecule has 100 valence electrons. The summed E-state index contributed by atoms with van der Waals surface area (Å²) in [4.78, 5) is 0.205. The maximum absolute atomic E-state index is 12.1. The van der Waals surface area contributed by atoms with Crippen LogP contribution in [0.25, 0.3) is 0 Å². The molecule has 0 aromatic heterocycles. The molecule has 1 N–H and O–H groups in total. The number of hydrogen-bond donors (Lipinski definition) is 1. The summed E-state index contributed by atoms with van der Waals surface area (Å²) in [7, 11) is -3.51. The van der Waals surface area contributed by atoms with E-state index in [-0.39, 0.29) is 10.6 Å². The molecule has 0 amide bonds. The Morgan fingerprint density at radius 1 is 1.05 bits per heavy atom. The molecule has 0 aliphatic carbocycles. The van der Waals surface area contributed by atoms with E-state index in [1.807, 2.05) is 0 Å². The highest BCUT2D eigenvalue weighted by atomic mass is 35.5. The molecular formula is C14H13ClO3S. The van der Waals surface area contributed by atoms with Crippen LogP contribution in [0.2, 0.25) is 5.02 Å². The summed E-state index contributed by atoms with van der Waals surface area (Å²) in [5, 5.41) is 10.5. The van der Waals surface area contributed by atoms with Gasteiger partial charge < -0.3 is 5.11 Å². The van der Waals surface area contributed by atoms with Crippen molar-refractivity contribution >= 4 is 21.4 Å². The van der Waals surface area contributed by atoms with E-state index in [9.17, 15) is 13.5 Å². The Labute approximate surface area is 117 Å². The van der Waals surface area contributed by atoms with Crippen LogP contribution in [-0.4, -0.2) is 19.3 Å². The van der Waals surface area contributed by atoms with Crippen molar-refractivity contribution < 1.29 is 13.5 Å². The predicted octanol–water partition coefficient (Wildman–Crippen LogP) is 2.85. The first-order chi connectivity index (χ1) is 8.99. The molecule has 19 heavy (non-hydrogen) atoms. The lowest BCUT2D eigenvalue weighted by Gasteiger charge is -2.12. The molecular weight excluding hydrogens is 284 g/mol. The maximum Gasteiger partial charge on any atom is 0.181 e. The SMILES string of the molecule is O=S(=O)(C[C@@H](O)c1cccc(Cl)c1)c1ccccc1. The molecule has 0 saturated heterocycles. The van der Waals surface area contributed by atoms with E-state index < -0.39 is 15.9 Å². The van der Waals surface area contributed by atoms with Crippen LogP contribution in [0.15, 0.2) is 59.5 Å². The van der Waals surface area contributed by atoms with Crippen LogP contribution in [0, 0.1) is 0 Å². The third-order valence-corrected chi connectivity index (χ3v) is 4.69. The minimum atomic E-state index is -3.51. The fourth-order valence-electron chi connectivity index (χ4n) is 1.74. The van der Waals surface area contributed by atoms with Gasteiger partial charge in [0.1, 0.15) is 0 Å². The molecule has 2 rings (SSSR count). The lowest BCUT2D eigenvalue weighted by atomic mass is 10.1. The van der Waals surface area contributed by atoms with E-state index in [1.54, 1.807) is 42.5 Å². The standard InChI is InChI=1S/C14H13ClO3S/c15-12-6-4-5-11(9-12)14(16)10-19(17,18)13-7-2-1-3-8-13/h1-9,14,16H,10H2/t14-/m1/s1. The van der Waals surface area contributed by atoms with Gasteiger partial charge in [0.25, 0.3) is 0 Å². The molecule has 0 radical (unpaired) electrons. The van der Waals surface area contributed by atoms with E-state index in [4.69, 9.17) is 11.6 Å². The Balaban J connectivity index is 2.22. The predicted molar refractivity (Wildman–Crippen MR) is 74.9 cm³/mol. The second-order valence-corrected chi connectivity index (χ2v) is 6.64. The van der Waals surface area contributed by atoms with Crippen molar-refractivity contribution in [2.45, 2.75) is 11.0 Å². The van der Waals surface area contributed by atoms with Crippen LogP contribution in [0.4, 0.5) is 0 Å². The fraction of sp³-hybridized carbons (Fsp3) is 0.143. The highest BCUT2D eigenvalue weighted by molar-refractivity contribution is 7.91. The molecule has 0 saturated carbocycles. The van der Waals surface area contributed by atoms with Gasteiger partial charge in [-0.3, -0.25) is 0 Å². The third kappa shape index (κ3) is 3.56. The number of benzene rings is 2. The Hall–Kier alpha value is -1.36. The van der Waals surface area contributed by atoms with Crippen molar-refractivity contribution in [2.24, 2.45) is 0 Å². The van der Waals surface area contributed by atoms with Gasteiger partial charge in [-0.1, -0.05) is 41.9 Å². The lowest BCUT2D eigenvalue weighted by Crippen LogP contribution is -2.14. The first kappa shape index (κ1) is 14.1. The van der Waals surface area contributed by atoms with Crippen molar-refractivity contribution in [1.82, 2.24) is 0 Å². The van der Waals surface area contributed by atoms with Crippen LogP contribution < -0.4 is 0 Å². The first-order valence-electron chi connectivity index (χ1n) is 5.70. The van der Waals surface area contributed by atoms with Gasteiger partial charge in [-0.25, -0.2) is 8.42 Å². The van der Waals surface area contributed by atoms with E-state index in [0.29, 0.717) is 10.6 Å². The number of hydrogen-bond acceptors (Lipinski definition) is 3. The highest BCUT2D eigenvalue weighted by Gasteiger charge is 2.20. The Morgan fingerprint density at radius 3 is 2.37 bits per heavy atom. The fourth-order valence-corrected chi connectivity index (χ4v) is 3.31. The van der Waals surface area contributed by atoms with Crippen LogP contribution in [0.3, 0.4) is 0 Å². The summed E-state index contributed by atoms with van der Waals surface area (Å²) in [5.74, 6) is -0.364. The molecule has 2 aromatic carbocycles. The van der Waals surface area contributed by atoms with Gasteiger partial charge in [0, 0.05) is 5.02 Å². The van der Waals surface area contributed by atoms with Crippen molar-refractivity contribution in [3.63, 3.8) is 0 Å². The molecule has 0 heterocycles. The second kappa shape index (κ2) is 5.74. The maximum atomic E-state index is 12.1. The normalized spacial score (nSPS) is 13.2. The first-order valence-corrected chi connectivity index (χ1v) is 7.73. The van der Waals surface area contributed by atoms with Gasteiger partial charge in [0.2, 0.25) is 0 Å². The smallest absolute Gasteiger partial charge is 0.181 e. The van der Waals surface area contributed by atoms with E-state index in [2.05, 4.69) is 0 Å². The molecule has 2 aromatic rings. The monoisotopic (exact) mass is 296 g/mol. The number of rotatable bonds is 4. The van der Waals surface area contributed by atoms with Crippen molar-refractivity contribution in [3.05, 3.63) is 65.2 Å². The molecule has 0 aliphatic heterocycles. The molecule has 0 bridgehead atoms. The van der Waals surface area contributed by atoms with Gasteiger partial charge in [-0.15, -0.1) is 0 Å². The van der Waals surface area contributed by atoms with Gasteiger partial charge in [-0.05, 0) is 29.8 Å². The molecule has 0 spiro atoms. The van der Waals surface area contributed by atoms with Gasteiger partial charge in [0.05, 0.1) is 16.8 Å². The van der Waals surface area contributed by atoms with Gasteiger partial charge in [0.15, 0.2) is 9.84 Å². The Kier molecular flexibility index (Phi) is 4.24. The van der Waals surface area contributed by atoms with Crippen LogP contribution in [0.5, 0.6) is 0 Å². The average molecular weight is 297 g/mol. The number of aliphatic hydroxyl groups is 1. The molecule has 0 unspecified atom stereocenters. The van der Waals surface area contributed by atoms with Gasteiger partial charge in [-0.2, -0.15) is 0 Å². The van der Waals surface area contributed by atoms with Crippen molar-refractivity contribution in [2.75, 3.05) is 5.75 Å². The molecule has 3 nitrogen and oxygen atoms in total. The van der Waals surface area contributed by atoms with Gasteiger partial charge >= 0.3 is 0 Å². The summed E-state index contributed by atoms with van der Waals surface area (Å²) < 4.78 is 24.2. The summed E-state index contributed by atoms with van der Waals surface area (Å²) in [5.41, 5.74) is 0.493. The van der Waals surface area contributed by atoms with Crippen LogP contribution >= 0.6 is 11.6 Å². The van der Waals surface area contributed by atoms with Crippen molar-refractivity contribution in [3.8, 4) is 0 Å². The van der Waals surface area contributed by atoms with Crippen molar-refractivity contribution in [1.29, 1.82) is 0 Å². The van der Waals surface area contributed by atoms with E-state index >= 15 is 0 Å². The topological polar surface area (TPSA) is 54.4 Å². The largest absolute Gasteiger partial charge is 0.387 e. The lowest BCUT2D eigenvalue weighted by molar-refractivity contribution is 0.201. The zero-order valence-electron chi connectivity index (χ0n) is 10.0. The molecule has 0 aliphatic rings. The number of halogens is 1. The summed E-state index contributed by atoms with van der Waals surface area (Å²) in [6, 6.07) is 14.6. The molecule has 0 fully saturated rings. The summed E-state index contributed by atoms with van der Waals surface area (Å²) >= 11 is 5.82. The quantitative estimate of drug-likeness (QED) is 0.944. The number of aliphatic hydroxyl groups excluding tert-OH is 1. The molecule has 1 atom stereocenters. The minimum absolute atomic E-state index is 0.205. The third-order valence-electron chi connectivity index (χ3n) is 2.71. The molecule has 5 heteroatoms. The zero-order chi connectivity index (χ0) is 13.9. The number of sulfone groups is 1. The second-order valence-electron chi connectivity index (χ2n) is 4.17. The summed E-state index contributed by atoms with van der Waals surface area (Å²) in [6.45, 7) is 0. The Morgan fingerprint density at radius 2 is 1.74 bits per heavy atom.